The summed E-state index contributed by atoms with van der Waals surface area (Å²) in [6.07, 6.45) is 0.398. The minimum atomic E-state index is -0.218. The Labute approximate surface area is 131 Å². The van der Waals surface area contributed by atoms with E-state index in [1.165, 1.54) is 0 Å². The van der Waals surface area contributed by atoms with Crippen molar-refractivity contribution in [2.45, 2.75) is 13.3 Å². The van der Waals surface area contributed by atoms with E-state index in [9.17, 15) is 9.59 Å². The smallest absolute Gasteiger partial charge is 0.255 e. The molecule has 4 nitrogen and oxygen atoms in total. The molecular weight excluding hydrogens is 332 g/mol. The first-order valence-corrected chi connectivity index (χ1v) is 7.34. The number of carbonyl (C=O) groups is 2. The molecule has 0 unspecified atom stereocenters. The standard InChI is InChI=1S/C16H15BrN2O2/c1-2-15(20)18-14-5-3-4-11(10-14)16(21)19-13-8-6-12(17)7-9-13/h3-10H,2H2,1H3,(H,18,20)(H,19,21). The molecule has 108 valence electrons. The van der Waals surface area contributed by atoms with Gasteiger partial charge in [0.25, 0.3) is 5.91 Å². The van der Waals surface area contributed by atoms with Crippen LogP contribution in [0, 0.1) is 0 Å². The van der Waals surface area contributed by atoms with Gasteiger partial charge in [-0.3, -0.25) is 9.59 Å². The van der Waals surface area contributed by atoms with Crippen molar-refractivity contribution in [1.29, 1.82) is 0 Å². The van der Waals surface area contributed by atoms with Gasteiger partial charge in [-0.25, -0.2) is 0 Å². The van der Waals surface area contributed by atoms with Gasteiger partial charge in [0.2, 0.25) is 5.91 Å². The van der Waals surface area contributed by atoms with Crippen molar-refractivity contribution in [2.75, 3.05) is 10.6 Å². The van der Waals surface area contributed by atoms with Crippen LogP contribution < -0.4 is 10.6 Å². The van der Waals surface area contributed by atoms with Gasteiger partial charge in [0.15, 0.2) is 0 Å². The van der Waals surface area contributed by atoms with Gasteiger partial charge in [0.05, 0.1) is 0 Å². The molecule has 0 aliphatic rings. The first kappa shape index (κ1) is 15.3. The number of carbonyl (C=O) groups excluding carboxylic acids is 2. The zero-order valence-corrected chi connectivity index (χ0v) is 13.1. The molecule has 0 saturated carbocycles. The Kier molecular flexibility index (Phi) is 5.11. The van der Waals surface area contributed by atoms with Crippen molar-refractivity contribution in [1.82, 2.24) is 0 Å². The second kappa shape index (κ2) is 7.04. The van der Waals surface area contributed by atoms with Gasteiger partial charge in [-0.2, -0.15) is 0 Å². The third-order valence-electron chi connectivity index (χ3n) is 2.83. The van der Waals surface area contributed by atoms with Gasteiger partial charge < -0.3 is 10.6 Å². The van der Waals surface area contributed by atoms with Crippen LogP contribution in [0.5, 0.6) is 0 Å². The van der Waals surface area contributed by atoms with Gasteiger partial charge >= 0.3 is 0 Å². The predicted octanol–water partition coefficient (Wildman–Crippen LogP) is 4.05. The summed E-state index contributed by atoms with van der Waals surface area (Å²) in [5.41, 5.74) is 1.82. The fourth-order valence-electron chi connectivity index (χ4n) is 1.72. The summed E-state index contributed by atoms with van der Waals surface area (Å²) in [6.45, 7) is 1.78. The van der Waals surface area contributed by atoms with Crippen LogP contribution in [0.15, 0.2) is 53.0 Å². The highest BCUT2D eigenvalue weighted by Gasteiger charge is 2.07. The number of benzene rings is 2. The lowest BCUT2D eigenvalue weighted by Gasteiger charge is -2.08. The van der Waals surface area contributed by atoms with E-state index < -0.39 is 0 Å². The first-order valence-electron chi connectivity index (χ1n) is 6.55. The molecule has 2 rings (SSSR count). The summed E-state index contributed by atoms with van der Waals surface area (Å²) < 4.78 is 0.949. The quantitative estimate of drug-likeness (QED) is 0.877. The number of amides is 2. The summed E-state index contributed by atoms with van der Waals surface area (Å²) in [4.78, 5) is 23.5. The molecule has 2 aromatic carbocycles. The molecule has 0 saturated heterocycles. The van der Waals surface area contributed by atoms with E-state index in [-0.39, 0.29) is 11.8 Å². The third kappa shape index (κ3) is 4.43. The SMILES string of the molecule is CCC(=O)Nc1cccc(C(=O)Nc2ccc(Br)cc2)c1. The topological polar surface area (TPSA) is 58.2 Å². The normalized spacial score (nSPS) is 10.0. The molecule has 0 heterocycles. The largest absolute Gasteiger partial charge is 0.326 e. The van der Waals surface area contributed by atoms with Crippen LogP contribution >= 0.6 is 15.9 Å². The van der Waals surface area contributed by atoms with E-state index in [0.717, 1.165) is 4.47 Å². The molecule has 5 heteroatoms. The van der Waals surface area contributed by atoms with Crippen molar-refractivity contribution in [3.05, 3.63) is 58.6 Å². The lowest BCUT2D eigenvalue weighted by Crippen LogP contribution is -2.13. The summed E-state index contributed by atoms with van der Waals surface area (Å²) >= 11 is 3.34. The van der Waals surface area contributed by atoms with E-state index in [1.54, 1.807) is 31.2 Å². The van der Waals surface area contributed by atoms with E-state index in [4.69, 9.17) is 0 Å². The zero-order valence-electron chi connectivity index (χ0n) is 11.5. The Morgan fingerprint density at radius 3 is 2.38 bits per heavy atom. The van der Waals surface area contributed by atoms with Crippen LogP contribution in [0.4, 0.5) is 11.4 Å². The number of rotatable bonds is 4. The molecule has 0 bridgehead atoms. The first-order chi connectivity index (χ1) is 10.1. The lowest BCUT2D eigenvalue weighted by molar-refractivity contribution is -0.115. The Morgan fingerprint density at radius 1 is 1.00 bits per heavy atom. The predicted molar refractivity (Wildman–Crippen MR) is 87.5 cm³/mol. The number of hydrogen-bond acceptors (Lipinski definition) is 2. The highest BCUT2D eigenvalue weighted by atomic mass is 79.9. The van der Waals surface area contributed by atoms with Crippen LogP contribution in [0.1, 0.15) is 23.7 Å². The molecule has 0 fully saturated rings. The monoisotopic (exact) mass is 346 g/mol. The maximum Gasteiger partial charge on any atom is 0.255 e. The van der Waals surface area contributed by atoms with Crippen LogP contribution in [0.2, 0.25) is 0 Å². The summed E-state index contributed by atoms with van der Waals surface area (Å²) in [5, 5.41) is 5.54. The second-order valence-electron chi connectivity index (χ2n) is 4.44. The molecule has 2 amide bonds. The average molecular weight is 347 g/mol. The highest BCUT2D eigenvalue weighted by molar-refractivity contribution is 9.10. The summed E-state index contributed by atoms with van der Waals surface area (Å²) in [7, 11) is 0. The second-order valence-corrected chi connectivity index (χ2v) is 5.36. The number of nitrogens with one attached hydrogen (secondary N) is 2. The summed E-state index contributed by atoms with van der Waals surface area (Å²) in [6, 6.07) is 14.2. The molecule has 0 atom stereocenters. The van der Waals surface area contributed by atoms with E-state index in [0.29, 0.717) is 23.4 Å². The minimum Gasteiger partial charge on any atom is -0.326 e. The lowest BCUT2D eigenvalue weighted by atomic mass is 10.1. The molecule has 0 aliphatic carbocycles. The van der Waals surface area contributed by atoms with Crippen molar-refractivity contribution in [3.63, 3.8) is 0 Å². The van der Waals surface area contributed by atoms with Gasteiger partial charge in [0, 0.05) is 27.8 Å². The van der Waals surface area contributed by atoms with Crippen LogP contribution in [-0.2, 0) is 4.79 Å². The molecule has 0 spiro atoms. The Balaban J connectivity index is 2.10. The van der Waals surface area contributed by atoms with E-state index >= 15 is 0 Å². The maximum absolute atomic E-state index is 12.2. The van der Waals surface area contributed by atoms with Crippen molar-refractivity contribution < 1.29 is 9.59 Å². The molecule has 0 aliphatic heterocycles. The fourth-order valence-corrected chi connectivity index (χ4v) is 1.99. The highest BCUT2D eigenvalue weighted by Crippen LogP contribution is 2.16. The zero-order chi connectivity index (χ0) is 15.2. The van der Waals surface area contributed by atoms with E-state index in [2.05, 4.69) is 26.6 Å². The van der Waals surface area contributed by atoms with Crippen LogP contribution in [0.3, 0.4) is 0 Å². The number of halogens is 1. The molecule has 21 heavy (non-hydrogen) atoms. The Morgan fingerprint density at radius 2 is 1.71 bits per heavy atom. The van der Waals surface area contributed by atoms with Gasteiger partial charge in [0.1, 0.15) is 0 Å². The minimum absolute atomic E-state index is 0.0829. The third-order valence-corrected chi connectivity index (χ3v) is 3.36. The average Bonchev–Trinajstić information content (AvgIpc) is 2.49. The molecule has 2 aromatic rings. The fraction of sp³-hybridized carbons (Fsp3) is 0.125. The molecule has 0 aromatic heterocycles. The Bertz CT molecular complexity index is 654. The number of anilines is 2. The van der Waals surface area contributed by atoms with Gasteiger partial charge in [-0.05, 0) is 42.5 Å². The molecule has 0 radical (unpaired) electrons. The number of hydrogen-bond donors (Lipinski definition) is 2. The van der Waals surface area contributed by atoms with Gasteiger partial charge in [-0.1, -0.05) is 28.9 Å². The maximum atomic E-state index is 12.2. The van der Waals surface area contributed by atoms with Crippen LogP contribution in [0.25, 0.3) is 0 Å². The van der Waals surface area contributed by atoms with Crippen molar-refractivity contribution in [2.24, 2.45) is 0 Å². The van der Waals surface area contributed by atoms with Gasteiger partial charge in [-0.15, -0.1) is 0 Å². The van der Waals surface area contributed by atoms with Crippen molar-refractivity contribution in [3.8, 4) is 0 Å². The Hall–Kier alpha value is -2.14. The summed E-state index contributed by atoms with van der Waals surface area (Å²) in [5.74, 6) is -0.301. The molecular formula is C16H15BrN2O2. The van der Waals surface area contributed by atoms with Crippen molar-refractivity contribution >= 4 is 39.1 Å². The van der Waals surface area contributed by atoms with Crippen LogP contribution in [-0.4, -0.2) is 11.8 Å². The van der Waals surface area contributed by atoms with E-state index in [1.807, 2.05) is 24.3 Å². The molecule has 2 N–H and O–H groups in total.